The maximum absolute atomic E-state index is 14.9. The number of hydrogen-bond donors (Lipinski definition) is 1. The van der Waals surface area contributed by atoms with E-state index in [1.54, 1.807) is 23.1 Å². The Balaban J connectivity index is 1.36. The van der Waals surface area contributed by atoms with Gasteiger partial charge in [0.1, 0.15) is 11.9 Å². The zero-order valence-corrected chi connectivity index (χ0v) is 19.0. The van der Waals surface area contributed by atoms with E-state index in [2.05, 4.69) is 5.32 Å². The summed E-state index contributed by atoms with van der Waals surface area (Å²) in [6.45, 7) is 1.70. The Morgan fingerprint density at radius 3 is 2.62 bits per heavy atom. The molecule has 1 amide bonds. The molecule has 1 aromatic carbocycles. The fraction of sp³-hybridized carbons (Fsp3) is 0.550. The largest absolute Gasteiger partial charge is 0.442 e. The van der Waals surface area contributed by atoms with Crippen LogP contribution in [0, 0.1) is 23.1 Å². The molecule has 4 rings (SSSR count). The third-order valence-corrected chi connectivity index (χ3v) is 7.91. The second-order valence-corrected chi connectivity index (χ2v) is 10.5. The zero-order chi connectivity index (χ0) is 22.9. The molecule has 2 heterocycles. The van der Waals surface area contributed by atoms with Crippen LogP contribution < -0.4 is 15.1 Å². The van der Waals surface area contributed by atoms with Gasteiger partial charge < -0.3 is 15.0 Å². The molecule has 9 nitrogen and oxygen atoms in total. The van der Waals surface area contributed by atoms with Gasteiger partial charge in [0.2, 0.25) is 10.0 Å². The SMILES string of the molecule is N#CCS(=O)(=O)N1CCN(c2ccc(N3CC(CNC(=S)C4CC4)OC3=O)cc2F)CC1. The molecule has 1 saturated carbocycles. The summed E-state index contributed by atoms with van der Waals surface area (Å²) < 4.78 is 45.5. The number of carbonyl (C=O) groups excluding carboxylic acids is 1. The molecule has 1 aromatic rings. The lowest BCUT2D eigenvalue weighted by atomic mass is 10.2. The second kappa shape index (κ2) is 9.17. The minimum Gasteiger partial charge on any atom is -0.442 e. The summed E-state index contributed by atoms with van der Waals surface area (Å²) in [5.41, 5.74) is 0.741. The van der Waals surface area contributed by atoms with Crippen LogP contribution >= 0.6 is 12.2 Å². The highest BCUT2D eigenvalue weighted by molar-refractivity contribution is 7.89. The van der Waals surface area contributed by atoms with E-state index in [4.69, 9.17) is 22.2 Å². The Morgan fingerprint density at radius 2 is 2.00 bits per heavy atom. The Morgan fingerprint density at radius 1 is 1.28 bits per heavy atom. The average Bonchev–Trinajstić information content (AvgIpc) is 3.55. The lowest BCUT2D eigenvalue weighted by Gasteiger charge is -2.35. The van der Waals surface area contributed by atoms with Gasteiger partial charge >= 0.3 is 6.09 Å². The number of carbonyl (C=O) groups is 1. The molecular formula is C20H24FN5O4S2. The first-order chi connectivity index (χ1) is 15.3. The molecule has 3 aliphatic rings. The van der Waals surface area contributed by atoms with Crippen molar-refractivity contribution in [3.05, 3.63) is 24.0 Å². The summed E-state index contributed by atoms with van der Waals surface area (Å²) in [5, 5.41) is 11.8. The molecule has 0 aromatic heterocycles. The number of ether oxygens (including phenoxy) is 1. The van der Waals surface area contributed by atoms with Gasteiger partial charge in [-0.2, -0.15) is 9.57 Å². The number of sulfonamides is 1. The molecule has 32 heavy (non-hydrogen) atoms. The van der Waals surface area contributed by atoms with Gasteiger partial charge in [0.05, 0.1) is 35.5 Å². The molecule has 3 fully saturated rings. The summed E-state index contributed by atoms with van der Waals surface area (Å²) in [6.07, 6.45) is 1.29. The fourth-order valence-corrected chi connectivity index (χ4v) is 5.23. The number of thiocarbonyl (C=S) groups is 1. The van der Waals surface area contributed by atoms with Gasteiger partial charge in [-0.05, 0) is 31.0 Å². The van der Waals surface area contributed by atoms with E-state index in [0.717, 1.165) is 17.8 Å². The van der Waals surface area contributed by atoms with Crippen molar-refractivity contribution in [2.24, 2.45) is 5.92 Å². The summed E-state index contributed by atoms with van der Waals surface area (Å²) in [7, 11) is -3.61. The topological polar surface area (TPSA) is 106 Å². The summed E-state index contributed by atoms with van der Waals surface area (Å²) in [6, 6.07) is 6.20. The van der Waals surface area contributed by atoms with Crippen LogP contribution in [0.4, 0.5) is 20.6 Å². The second-order valence-electron chi connectivity index (χ2n) is 8.07. The molecule has 12 heteroatoms. The molecule has 2 saturated heterocycles. The smallest absolute Gasteiger partial charge is 0.414 e. The van der Waals surface area contributed by atoms with Crippen LogP contribution in [0.5, 0.6) is 0 Å². The molecule has 1 N–H and O–H groups in total. The lowest BCUT2D eigenvalue weighted by Crippen LogP contribution is -2.49. The number of nitriles is 1. The normalized spacial score (nSPS) is 21.9. The quantitative estimate of drug-likeness (QED) is 0.584. The maximum atomic E-state index is 14.9. The highest BCUT2D eigenvalue weighted by atomic mass is 32.2. The number of amides is 1. The van der Waals surface area contributed by atoms with Gasteiger partial charge in [0.25, 0.3) is 0 Å². The van der Waals surface area contributed by atoms with Gasteiger partial charge in [-0.3, -0.25) is 4.90 Å². The van der Waals surface area contributed by atoms with Gasteiger partial charge in [-0.25, -0.2) is 17.6 Å². The van der Waals surface area contributed by atoms with E-state index >= 15 is 0 Å². The number of piperazine rings is 1. The third kappa shape index (κ3) is 4.95. The minimum absolute atomic E-state index is 0.182. The lowest BCUT2D eigenvalue weighted by molar-refractivity contribution is 0.143. The monoisotopic (exact) mass is 481 g/mol. The highest BCUT2D eigenvalue weighted by Crippen LogP contribution is 2.30. The third-order valence-electron chi connectivity index (χ3n) is 5.79. The van der Waals surface area contributed by atoms with Crippen molar-refractivity contribution in [3.63, 3.8) is 0 Å². The number of rotatable bonds is 7. The van der Waals surface area contributed by atoms with Crippen molar-refractivity contribution < 1.29 is 22.3 Å². The van der Waals surface area contributed by atoms with Gasteiger partial charge in [-0.15, -0.1) is 0 Å². The molecule has 0 bridgehead atoms. The molecule has 172 valence electrons. The fourth-order valence-electron chi connectivity index (χ4n) is 3.84. The van der Waals surface area contributed by atoms with E-state index in [1.165, 1.54) is 15.3 Å². The van der Waals surface area contributed by atoms with E-state index in [0.29, 0.717) is 43.5 Å². The first kappa shape index (κ1) is 22.7. The van der Waals surface area contributed by atoms with Crippen LogP contribution in [0.15, 0.2) is 18.2 Å². The van der Waals surface area contributed by atoms with Crippen LogP contribution in [0.2, 0.25) is 0 Å². The van der Waals surface area contributed by atoms with E-state index in [9.17, 15) is 17.6 Å². The predicted molar refractivity (Wildman–Crippen MR) is 121 cm³/mol. The molecule has 1 unspecified atom stereocenters. The Hall–Kier alpha value is -2.49. The van der Waals surface area contributed by atoms with Crippen molar-refractivity contribution >= 4 is 44.7 Å². The van der Waals surface area contributed by atoms with E-state index in [1.807, 2.05) is 0 Å². The number of halogens is 1. The Bertz CT molecular complexity index is 1050. The molecule has 2 aliphatic heterocycles. The van der Waals surface area contributed by atoms with Crippen molar-refractivity contribution in [3.8, 4) is 6.07 Å². The number of anilines is 2. The van der Waals surface area contributed by atoms with E-state index in [-0.39, 0.29) is 19.2 Å². The summed E-state index contributed by atoms with van der Waals surface area (Å²) in [4.78, 5) is 16.2. The number of hydrogen-bond acceptors (Lipinski definition) is 7. The van der Waals surface area contributed by atoms with Crippen LogP contribution in [-0.4, -0.2) is 74.9 Å². The molecule has 0 radical (unpaired) electrons. The Labute approximate surface area is 191 Å². The van der Waals surface area contributed by atoms with Crippen LogP contribution in [0.1, 0.15) is 12.8 Å². The molecule has 1 atom stereocenters. The van der Waals surface area contributed by atoms with Crippen LogP contribution in [0.25, 0.3) is 0 Å². The Kier molecular flexibility index (Phi) is 6.50. The first-order valence-corrected chi connectivity index (χ1v) is 12.5. The van der Waals surface area contributed by atoms with Gasteiger partial charge in [0.15, 0.2) is 5.75 Å². The van der Waals surface area contributed by atoms with Crippen LogP contribution in [0.3, 0.4) is 0 Å². The highest BCUT2D eigenvalue weighted by Gasteiger charge is 2.34. The van der Waals surface area contributed by atoms with Gasteiger partial charge in [0, 0.05) is 32.1 Å². The van der Waals surface area contributed by atoms with Crippen molar-refractivity contribution in [1.82, 2.24) is 9.62 Å². The average molecular weight is 482 g/mol. The zero-order valence-electron chi connectivity index (χ0n) is 17.4. The molecule has 0 spiro atoms. The van der Waals surface area contributed by atoms with Gasteiger partial charge in [-0.1, -0.05) is 12.2 Å². The van der Waals surface area contributed by atoms with Crippen molar-refractivity contribution in [2.75, 3.05) is 54.8 Å². The van der Waals surface area contributed by atoms with Crippen LogP contribution in [-0.2, 0) is 14.8 Å². The number of cyclic esters (lactones) is 1. The summed E-state index contributed by atoms with van der Waals surface area (Å²) in [5.74, 6) is -0.626. The first-order valence-electron chi connectivity index (χ1n) is 10.4. The number of nitrogens with zero attached hydrogens (tertiary/aromatic N) is 4. The van der Waals surface area contributed by atoms with Crippen molar-refractivity contribution in [1.29, 1.82) is 5.26 Å². The number of benzene rings is 1. The van der Waals surface area contributed by atoms with Crippen molar-refractivity contribution in [2.45, 2.75) is 18.9 Å². The summed E-state index contributed by atoms with van der Waals surface area (Å²) >= 11 is 5.29. The molecule has 1 aliphatic carbocycles. The maximum Gasteiger partial charge on any atom is 0.414 e. The number of nitrogens with one attached hydrogen (secondary N) is 1. The minimum atomic E-state index is -3.61. The standard InChI is InChI=1S/C20H24FN5O4S2/c21-17-11-15(26-13-16(30-20(26)27)12-23-19(31)14-1-2-14)3-4-18(17)24-6-8-25(9-7-24)32(28,29)10-5-22/h3-4,11,14,16H,1-2,6-10,12-13H2,(H,23,31). The molecular weight excluding hydrogens is 457 g/mol. The van der Waals surface area contributed by atoms with E-state index < -0.39 is 27.7 Å². The predicted octanol–water partition coefficient (Wildman–Crippen LogP) is 1.45.